The van der Waals surface area contributed by atoms with Crippen molar-refractivity contribution < 1.29 is 14.6 Å². The summed E-state index contributed by atoms with van der Waals surface area (Å²) in [5, 5.41) is 15.5. The van der Waals surface area contributed by atoms with E-state index in [-0.39, 0.29) is 5.91 Å². The van der Waals surface area contributed by atoms with Gasteiger partial charge in [0, 0.05) is 6.54 Å². The van der Waals surface area contributed by atoms with Crippen LogP contribution in [0.25, 0.3) is 0 Å². The van der Waals surface area contributed by atoms with Gasteiger partial charge in [0.2, 0.25) is 0 Å². The first-order chi connectivity index (χ1) is 8.11. The smallest absolute Gasteiger partial charge is 0.265 e. The second-order valence-electron chi connectivity index (χ2n) is 4.08. The number of aliphatic hydroxyl groups excluding tert-OH is 1. The summed E-state index contributed by atoms with van der Waals surface area (Å²) in [4.78, 5) is 11.5. The van der Waals surface area contributed by atoms with Crippen LogP contribution >= 0.6 is 0 Å². The number of nitrogens with one attached hydrogen (secondary N) is 2. The number of likely N-dealkylation sites (N-methyl/N-ethyl adjacent to an activating group) is 1. The van der Waals surface area contributed by atoms with Gasteiger partial charge in [0.25, 0.3) is 5.91 Å². The fourth-order valence-electron chi connectivity index (χ4n) is 1.74. The number of anilines is 1. The van der Waals surface area contributed by atoms with Crippen molar-refractivity contribution in [1.29, 1.82) is 0 Å². The largest absolute Gasteiger partial charge is 0.479 e. The summed E-state index contributed by atoms with van der Waals surface area (Å²) < 4.78 is 5.43. The van der Waals surface area contributed by atoms with E-state index >= 15 is 0 Å². The summed E-state index contributed by atoms with van der Waals surface area (Å²) in [6.07, 6.45) is -1.07. The number of ether oxygens (including phenoxy) is 1. The van der Waals surface area contributed by atoms with Gasteiger partial charge in [-0.2, -0.15) is 0 Å². The molecule has 5 heteroatoms. The summed E-state index contributed by atoms with van der Waals surface area (Å²) in [6, 6.07) is 5.30. The molecule has 0 saturated heterocycles. The van der Waals surface area contributed by atoms with Gasteiger partial charge in [-0.05, 0) is 31.7 Å². The molecule has 0 aromatic heterocycles. The third-order valence-corrected chi connectivity index (χ3v) is 2.72. The topological polar surface area (TPSA) is 70.6 Å². The predicted octanol–water partition coefficient (Wildman–Crippen LogP) is 0.659. The van der Waals surface area contributed by atoms with Gasteiger partial charge in [-0.15, -0.1) is 0 Å². The molecule has 1 aromatic rings. The summed E-state index contributed by atoms with van der Waals surface area (Å²) in [7, 11) is 1.77. The van der Waals surface area contributed by atoms with E-state index in [1.54, 1.807) is 32.2 Å². The molecule has 0 fully saturated rings. The first-order valence-electron chi connectivity index (χ1n) is 5.56. The zero-order valence-corrected chi connectivity index (χ0v) is 9.86. The molecule has 2 unspecified atom stereocenters. The van der Waals surface area contributed by atoms with Crippen molar-refractivity contribution in [3.05, 3.63) is 23.8 Å². The number of amides is 1. The second-order valence-corrected chi connectivity index (χ2v) is 4.08. The molecule has 0 saturated carbocycles. The van der Waals surface area contributed by atoms with Gasteiger partial charge in [0.15, 0.2) is 6.10 Å². The van der Waals surface area contributed by atoms with E-state index in [0.717, 1.165) is 5.56 Å². The van der Waals surface area contributed by atoms with E-state index in [4.69, 9.17) is 4.74 Å². The Kier molecular flexibility index (Phi) is 3.31. The maximum Gasteiger partial charge on any atom is 0.265 e. The molecule has 0 bridgehead atoms. The van der Waals surface area contributed by atoms with Crippen LogP contribution in [-0.2, 0) is 4.79 Å². The minimum atomic E-state index is -0.596. The average molecular weight is 236 g/mol. The average Bonchev–Trinajstić information content (AvgIpc) is 2.30. The summed E-state index contributed by atoms with van der Waals surface area (Å²) in [5.74, 6) is 0.468. The van der Waals surface area contributed by atoms with E-state index in [0.29, 0.717) is 18.0 Å². The van der Waals surface area contributed by atoms with E-state index in [2.05, 4.69) is 10.6 Å². The fourth-order valence-corrected chi connectivity index (χ4v) is 1.74. The molecule has 1 amide bonds. The number of fused-ring (bicyclic) bond motifs is 1. The van der Waals surface area contributed by atoms with Crippen LogP contribution in [0.15, 0.2) is 18.2 Å². The highest BCUT2D eigenvalue weighted by Crippen LogP contribution is 2.31. The number of rotatable bonds is 3. The van der Waals surface area contributed by atoms with E-state index in [1.165, 1.54) is 0 Å². The number of aliphatic hydroxyl groups is 1. The molecule has 5 nitrogen and oxygen atoms in total. The molecule has 2 atom stereocenters. The van der Waals surface area contributed by atoms with Crippen molar-refractivity contribution in [2.24, 2.45) is 0 Å². The Balaban J connectivity index is 2.25. The van der Waals surface area contributed by atoms with Crippen LogP contribution in [0.2, 0.25) is 0 Å². The van der Waals surface area contributed by atoms with Gasteiger partial charge < -0.3 is 20.5 Å². The molecule has 0 radical (unpaired) electrons. The number of hydrogen-bond donors (Lipinski definition) is 3. The molecule has 1 heterocycles. The van der Waals surface area contributed by atoms with Crippen molar-refractivity contribution in [3.8, 4) is 5.75 Å². The molecule has 1 aliphatic heterocycles. The zero-order valence-electron chi connectivity index (χ0n) is 9.86. The number of hydrogen-bond acceptors (Lipinski definition) is 4. The lowest BCUT2D eigenvalue weighted by Crippen LogP contribution is -2.34. The predicted molar refractivity (Wildman–Crippen MR) is 64.0 cm³/mol. The van der Waals surface area contributed by atoms with Gasteiger partial charge in [-0.1, -0.05) is 6.07 Å². The molecule has 0 spiro atoms. The molecule has 0 aliphatic carbocycles. The summed E-state index contributed by atoms with van der Waals surface area (Å²) in [5.41, 5.74) is 1.36. The SMILES string of the molecule is CNCC(O)c1ccc2c(c1)NC(=O)C(C)O2. The standard InChI is InChI=1S/C12H16N2O3/c1-7-12(16)14-9-5-8(10(15)6-13-2)3-4-11(9)17-7/h3-5,7,10,13,15H,6H2,1-2H3,(H,14,16). The van der Waals surface area contributed by atoms with Gasteiger partial charge >= 0.3 is 0 Å². The van der Waals surface area contributed by atoms with E-state index < -0.39 is 12.2 Å². The Bertz CT molecular complexity index is 434. The van der Waals surface area contributed by atoms with E-state index in [9.17, 15) is 9.90 Å². The normalized spacial score (nSPS) is 20.2. The van der Waals surface area contributed by atoms with Crippen molar-refractivity contribution in [2.75, 3.05) is 18.9 Å². The molecule has 17 heavy (non-hydrogen) atoms. The summed E-state index contributed by atoms with van der Waals surface area (Å²) in [6.45, 7) is 2.16. The molecule has 1 aliphatic rings. The molecule has 92 valence electrons. The highest BCUT2D eigenvalue weighted by atomic mass is 16.5. The minimum Gasteiger partial charge on any atom is -0.479 e. The number of carbonyl (C=O) groups is 1. The molecule has 2 rings (SSSR count). The maximum absolute atomic E-state index is 11.5. The lowest BCUT2D eigenvalue weighted by Gasteiger charge is -2.24. The first kappa shape index (κ1) is 11.9. The van der Waals surface area contributed by atoms with Crippen LogP contribution in [0.1, 0.15) is 18.6 Å². The second kappa shape index (κ2) is 4.73. The Labute approximate surface area is 99.8 Å². The monoisotopic (exact) mass is 236 g/mol. The van der Waals surface area contributed by atoms with Crippen LogP contribution in [0, 0.1) is 0 Å². The molecular formula is C12H16N2O3. The van der Waals surface area contributed by atoms with Crippen molar-refractivity contribution in [2.45, 2.75) is 19.1 Å². The van der Waals surface area contributed by atoms with Crippen LogP contribution < -0.4 is 15.4 Å². The summed E-state index contributed by atoms with van der Waals surface area (Å²) >= 11 is 0. The van der Waals surface area contributed by atoms with Gasteiger partial charge in [0.1, 0.15) is 5.75 Å². The van der Waals surface area contributed by atoms with Gasteiger partial charge in [0.05, 0.1) is 11.8 Å². The number of benzene rings is 1. The Hall–Kier alpha value is -1.59. The van der Waals surface area contributed by atoms with Crippen LogP contribution in [-0.4, -0.2) is 30.7 Å². The third kappa shape index (κ3) is 2.40. The third-order valence-electron chi connectivity index (χ3n) is 2.72. The quantitative estimate of drug-likeness (QED) is 0.721. The Morgan fingerprint density at radius 3 is 3.06 bits per heavy atom. The molecule has 1 aromatic carbocycles. The first-order valence-corrected chi connectivity index (χ1v) is 5.56. The lowest BCUT2D eigenvalue weighted by molar-refractivity contribution is -0.122. The van der Waals surface area contributed by atoms with Crippen molar-refractivity contribution >= 4 is 11.6 Å². The molecular weight excluding hydrogens is 220 g/mol. The highest BCUT2D eigenvalue weighted by molar-refractivity contribution is 5.97. The Morgan fingerprint density at radius 2 is 2.35 bits per heavy atom. The Morgan fingerprint density at radius 1 is 1.59 bits per heavy atom. The highest BCUT2D eigenvalue weighted by Gasteiger charge is 2.24. The van der Waals surface area contributed by atoms with Crippen LogP contribution in [0.3, 0.4) is 0 Å². The zero-order chi connectivity index (χ0) is 12.4. The van der Waals surface area contributed by atoms with Crippen LogP contribution in [0.4, 0.5) is 5.69 Å². The van der Waals surface area contributed by atoms with Crippen molar-refractivity contribution in [3.63, 3.8) is 0 Å². The minimum absolute atomic E-state index is 0.169. The van der Waals surface area contributed by atoms with E-state index in [1.807, 2.05) is 0 Å². The fraction of sp³-hybridized carbons (Fsp3) is 0.417. The van der Waals surface area contributed by atoms with Gasteiger partial charge in [-0.3, -0.25) is 4.79 Å². The van der Waals surface area contributed by atoms with Crippen molar-refractivity contribution in [1.82, 2.24) is 5.32 Å². The number of carbonyl (C=O) groups excluding carboxylic acids is 1. The lowest BCUT2D eigenvalue weighted by atomic mass is 10.1. The van der Waals surface area contributed by atoms with Gasteiger partial charge in [-0.25, -0.2) is 0 Å². The van der Waals surface area contributed by atoms with Crippen LogP contribution in [0.5, 0.6) is 5.75 Å². The maximum atomic E-state index is 11.5. The molecule has 3 N–H and O–H groups in total.